The Labute approximate surface area is 116 Å². The van der Waals surface area contributed by atoms with E-state index in [9.17, 15) is 18.0 Å². The van der Waals surface area contributed by atoms with Crippen LogP contribution < -0.4 is 4.72 Å². The van der Waals surface area contributed by atoms with E-state index in [4.69, 9.17) is 5.11 Å². The summed E-state index contributed by atoms with van der Waals surface area (Å²) in [6.07, 6.45) is 2.16. The minimum atomic E-state index is -3.83. The van der Waals surface area contributed by atoms with Crippen LogP contribution in [0.4, 0.5) is 0 Å². The van der Waals surface area contributed by atoms with Gasteiger partial charge >= 0.3 is 5.97 Å². The molecule has 2 N–H and O–H groups in total. The molecule has 0 bridgehead atoms. The number of sulfonamides is 1. The Morgan fingerprint density at radius 1 is 1.45 bits per heavy atom. The van der Waals surface area contributed by atoms with Gasteiger partial charge in [0.2, 0.25) is 15.9 Å². The molecule has 112 valence electrons. The molecule has 0 aliphatic carbocycles. The van der Waals surface area contributed by atoms with E-state index < -0.39 is 16.0 Å². The molecule has 0 saturated heterocycles. The predicted octanol–water partition coefficient (Wildman–Crippen LogP) is -1.28. The Kier molecular flexibility index (Phi) is 5.22. The van der Waals surface area contributed by atoms with Crippen LogP contribution in [0.5, 0.6) is 0 Å². The molecule has 0 aliphatic rings. The number of aryl methyl sites for hydroxylation is 1. The zero-order chi connectivity index (χ0) is 15.3. The summed E-state index contributed by atoms with van der Waals surface area (Å²) in [4.78, 5) is 22.9. The number of hydrogen-bond donors (Lipinski definition) is 2. The van der Waals surface area contributed by atoms with Gasteiger partial charge < -0.3 is 10.0 Å². The summed E-state index contributed by atoms with van der Waals surface area (Å²) in [6, 6.07) is 0. The van der Waals surface area contributed by atoms with Crippen LogP contribution in [0.3, 0.4) is 0 Å². The fourth-order valence-electron chi connectivity index (χ4n) is 1.21. The molecule has 9 nitrogen and oxygen atoms in total. The minimum absolute atomic E-state index is 0.0709. The van der Waals surface area contributed by atoms with E-state index in [1.165, 1.54) is 29.9 Å². The third kappa shape index (κ3) is 4.63. The Bertz CT molecular complexity index is 593. The molecule has 0 radical (unpaired) electrons. The van der Waals surface area contributed by atoms with E-state index >= 15 is 0 Å². The van der Waals surface area contributed by atoms with Gasteiger partial charge in [0.1, 0.15) is 4.90 Å². The molecule has 20 heavy (non-hydrogen) atoms. The van der Waals surface area contributed by atoms with Crippen molar-refractivity contribution in [3.63, 3.8) is 0 Å². The second kappa shape index (κ2) is 6.48. The number of nitrogens with zero attached hydrogens (tertiary/aromatic N) is 3. The van der Waals surface area contributed by atoms with Gasteiger partial charge in [-0.3, -0.25) is 14.3 Å². The fourth-order valence-corrected chi connectivity index (χ4v) is 2.14. The number of rotatable bonds is 7. The van der Waals surface area contributed by atoms with E-state index in [0.29, 0.717) is 0 Å². The average molecular weight is 304 g/mol. The average Bonchev–Trinajstić information content (AvgIpc) is 2.82. The number of aromatic nitrogens is 2. The van der Waals surface area contributed by atoms with E-state index in [0.717, 1.165) is 6.20 Å². The van der Waals surface area contributed by atoms with Gasteiger partial charge in [0.25, 0.3) is 0 Å². The normalized spacial score (nSPS) is 11.3. The lowest BCUT2D eigenvalue weighted by Gasteiger charge is -2.10. The smallest absolute Gasteiger partial charge is 0.305 e. The monoisotopic (exact) mass is 304 g/mol. The standard InChI is InChI=1S/C10H16N4O5S/c1-13(2)9(15)6-12-20(18,19)8-5-11-14(7-8)4-3-10(16)17/h5,7,12H,3-4,6H2,1-2H3,(H,16,17). The van der Waals surface area contributed by atoms with Crippen LogP contribution in [0.2, 0.25) is 0 Å². The summed E-state index contributed by atoms with van der Waals surface area (Å²) in [5, 5.41) is 12.3. The summed E-state index contributed by atoms with van der Waals surface area (Å²) in [6.45, 7) is -0.281. The van der Waals surface area contributed by atoms with Gasteiger partial charge in [0, 0.05) is 20.3 Å². The van der Waals surface area contributed by atoms with Gasteiger partial charge in [-0.05, 0) is 0 Å². The van der Waals surface area contributed by atoms with Gasteiger partial charge in [0.15, 0.2) is 0 Å². The lowest BCUT2D eigenvalue weighted by atomic mass is 10.4. The second-order valence-corrected chi connectivity index (χ2v) is 5.96. The van der Waals surface area contributed by atoms with Crippen molar-refractivity contribution in [2.75, 3.05) is 20.6 Å². The van der Waals surface area contributed by atoms with Crippen molar-refractivity contribution in [3.05, 3.63) is 12.4 Å². The van der Waals surface area contributed by atoms with E-state index in [1.807, 2.05) is 0 Å². The fraction of sp³-hybridized carbons (Fsp3) is 0.500. The Morgan fingerprint density at radius 3 is 2.65 bits per heavy atom. The zero-order valence-corrected chi connectivity index (χ0v) is 11.9. The molecule has 0 unspecified atom stereocenters. The molecule has 1 aromatic heterocycles. The topological polar surface area (TPSA) is 122 Å². The molecule has 0 fully saturated rings. The molecule has 0 saturated carbocycles. The molecule has 0 spiro atoms. The van der Waals surface area contributed by atoms with E-state index in [-0.39, 0.29) is 30.3 Å². The summed E-state index contributed by atoms with van der Waals surface area (Å²) >= 11 is 0. The number of amides is 1. The quantitative estimate of drug-likeness (QED) is 0.647. The van der Waals surface area contributed by atoms with Gasteiger partial charge in [-0.15, -0.1) is 0 Å². The number of nitrogens with one attached hydrogen (secondary N) is 1. The highest BCUT2D eigenvalue weighted by atomic mass is 32.2. The van der Waals surface area contributed by atoms with Crippen LogP contribution in [-0.4, -0.2) is 60.7 Å². The van der Waals surface area contributed by atoms with Crippen molar-refractivity contribution in [3.8, 4) is 0 Å². The number of aliphatic carboxylic acids is 1. The molecule has 1 aromatic rings. The first-order chi connectivity index (χ1) is 9.22. The lowest BCUT2D eigenvalue weighted by molar-refractivity contribution is -0.137. The highest BCUT2D eigenvalue weighted by Gasteiger charge is 2.18. The highest BCUT2D eigenvalue weighted by molar-refractivity contribution is 7.89. The van der Waals surface area contributed by atoms with Crippen molar-refractivity contribution < 1.29 is 23.1 Å². The molecule has 1 amide bonds. The summed E-state index contributed by atoms with van der Waals surface area (Å²) < 4.78 is 27.1. The number of carboxylic acid groups (broad SMARTS) is 1. The van der Waals surface area contributed by atoms with Crippen LogP contribution in [-0.2, 0) is 26.2 Å². The largest absolute Gasteiger partial charge is 0.481 e. The number of hydrogen-bond acceptors (Lipinski definition) is 5. The maximum absolute atomic E-state index is 11.9. The third-order valence-corrected chi connectivity index (χ3v) is 3.74. The maximum Gasteiger partial charge on any atom is 0.305 e. The van der Waals surface area contributed by atoms with Gasteiger partial charge in [-0.25, -0.2) is 13.1 Å². The predicted molar refractivity (Wildman–Crippen MR) is 68.4 cm³/mol. The first-order valence-electron chi connectivity index (χ1n) is 5.66. The number of carboxylic acids is 1. The van der Waals surface area contributed by atoms with E-state index in [2.05, 4.69) is 9.82 Å². The molecule has 0 atom stereocenters. The van der Waals surface area contributed by atoms with Gasteiger partial charge in [-0.1, -0.05) is 0 Å². The molecule has 0 aromatic carbocycles. The molecular formula is C10H16N4O5S. The molecule has 1 rings (SSSR count). The Balaban J connectivity index is 2.68. The summed E-state index contributed by atoms with van der Waals surface area (Å²) in [5.74, 6) is -1.38. The van der Waals surface area contributed by atoms with Crippen molar-refractivity contribution in [1.29, 1.82) is 0 Å². The van der Waals surface area contributed by atoms with Crippen molar-refractivity contribution in [1.82, 2.24) is 19.4 Å². The van der Waals surface area contributed by atoms with Crippen LogP contribution in [0.25, 0.3) is 0 Å². The summed E-state index contributed by atoms with van der Waals surface area (Å²) in [5.41, 5.74) is 0. The summed E-state index contributed by atoms with van der Waals surface area (Å²) in [7, 11) is -0.806. The number of likely N-dealkylation sites (N-methyl/N-ethyl adjacent to an activating group) is 1. The van der Waals surface area contributed by atoms with Gasteiger partial charge in [-0.2, -0.15) is 5.10 Å². The Hall–Kier alpha value is -1.94. The lowest BCUT2D eigenvalue weighted by Crippen LogP contribution is -2.36. The maximum atomic E-state index is 11.9. The highest BCUT2D eigenvalue weighted by Crippen LogP contribution is 2.07. The number of carbonyl (C=O) groups is 2. The van der Waals surface area contributed by atoms with Crippen LogP contribution in [0.15, 0.2) is 17.3 Å². The third-order valence-electron chi connectivity index (χ3n) is 2.39. The van der Waals surface area contributed by atoms with Crippen LogP contribution in [0, 0.1) is 0 Å². The van der Waals surface area contributed by atoms with Crippen molar-refractivity contribution in [2.45, 2.75) is 17.9 Å². The molecule has 10 heteroatoms. The second-order valence-electron chi connectivity index (χ2n) is 4.20. The molecule has 1 heterocycles. The van der Waals surface area contributed by atoms with E-state index in [1.54, 1.807) is 0 Å². The Morgan fingerprint density at radius 2 is 2.10 bits per heavy atom. The van der Waals surface area contributed by atoms with Crippen molar-refractivity contribution in [2.24, 2.45) is 0 Å². The minimum Gasteiger partial charge on any atom is -0.481 e. The first kappa shape index (κ1) is 16.1. The number of carbonyl (C=O) groups excluding carboxylic acids is 1. The molecular weight excluding hydrogens is 288 g/mol. The molecule has 0 aliphatic heterocycles. The van der Waals surface area contributed by atoms with Gasteiger partial charge in [0.05, 0.1) is 25.7 Å². The van der Waals surface area contributed by atoms with Crippen molar-refractivity contribution >= 4 is 21.9 Å². The van der Waals surface area contributed by atoms with Crippen LogP contribution >= 0.6 is 0 Å². The first-order valence-corrected chi connectivity index (χ1v) is 7.15. The zero-order valence-electron chi connectivity index (χ0n) is 11.1. The van der Waals surface area contributed by atoms with Crippen LogP contribution in [0.1, 0.15) is 6.42 Å². The SMILES string of the molecule is CN(C)C(=O)CNS(=O)(=O)c1cnn(CCC(=O)O)c1.